The smallest absolute Gasteiger partial charge is 0.0883 e. The average Bonchev–Trinajstić information content (AvgIpc) is 1.49. The number of piperidine rings is 9. The molecule has 145 heavy (non-hydrogen) atoms. The summed E-state index contributed by atoms with van der Waals surface area (Å²) in [6, 6.07) is 11.5. The van der Waals surface area contributed by atoms with Crippen molar-refractivity contribution in [3.63, 3.8) is 0 Å². The Labute approximate surface area is 931 Å². The quantitative estimate of drug-likeness (QED) is 0.267. The van der Waals surface area contributed by atoms with Crippen molar-refractivity contribution in [1.82, 2.24) is 73.5 Å². The van der Waals surface area contributed by atoms with Crippen LogP contribution in [0, 0.1) is 45.8 Å². The molecule has 16 bridgehead atoms. The first-order valence-corrected chi connectivity index (χ1v) is 56.9. The minimum absolute atomic E-state index is 0. The van der Waals surface area contributed by atoms with Gasteiger partial charge in [0.05, 0.1) is 5.76 Å². The van der Waals surface area contributed by atoms with Gasteiger partial charge in [0.25, 0.3) is 0 Å². The molecule has 0 aromatic rings. The molecule has 18 unspecified atom stereocenters. The molecule has 21 aliphatic heterocycles. The summed E-state index contributed by atoms with van der Waals surface area (Å²) >= 11 is 0. The van der Waals surface area contributed by atoms with Crippen LogP contribution >= 0.6 is 0 Å². The van der Waals surface area contributed by atoms with Crippen molar-refractivity contribution in [2.45, 2.75) is 532 Å². The van der Waals surface area contributed by atoms with Gasteiger partial charge in [-0.3, -0.25) is 39.2 Å². The molecular weight excluding hydrogens is 2820 g/mol. The van der Waals surface area contributed by atoms with E-state index >= 15 is 0 Å². The van der Waals surface area contributed by atoms with E-state index < -0.39 is 0 Å². The van der Waals surface area contributed by atoms with Gasteiger partial charge >= 0.3 is 0 Å². The first kappa shape index (κ1) is 140. The van der Waals surface area contributed by atoms with Crippen molar-refractivity contribution >= 4 is 0 Å². The van der Waals surface area contributed by atoms with Crippen LogP contribution in [0.4, 0.5) is 0 Å². The zero-order valence-electron chi connectivity index (χ0n) is 98.9. The molecule has 0 aromatic heterocycles. The van der Waals surface area contributed by atoms with E-state index in [2.05, 4.69) is 335 Å². The fourth-order valence-electron chi connectivity index (χ4n) is 30.0. The number of aliphatic hydroxyl groups excluding tert-OH is 1. The Hall–Kier alpha value is -1.23. The maximum Gasteiger partial charge on any atom is 0.0883 e. The first-order chi connectivity index (χ1) is 62.7. The van der Waals surface area contributed by atoms with Gasteiger partial charge in [0.15, 0.2) is 0 Å². The second-order valence-electron chi connectivity index (χ2n) is 59.2. The molecule has 21 rings (SSSR count). The maximum atomic E-state index is 9.52. The fourth-order valence-corrected chi connectivity index (χ4v) is 30.0. The second kappa shape index (κ2) is 56.8. The van der Waals surface area contributed by atoms with Crippen LogP contribution in [0.15, 0.2) is 12.3 Å². The van der Waals surface area contributed by atoms with Crippen LogP contribution in [-0.2, 0) is 61.3 Å². The van der Waals surface area contributed by atoms with Crippen LogP contribution in [0.2, 0.25) is 0 Å². The molecule has 21 fully saturated rings. The summed E-state index contributed by atoms with van der Waals surface area (Å²) in [5, 5.41) is 23.6. The van der Waals surface area contributed by atoms with Gasteiger partial charge in [-0.2, -0.15) is 0 Å². The Balaban J connectivity index is 0.000000541. The number of nitrogens with one attached hydrogen (secondary N) is 1. The van der Waals surface area contributed by atoms with Crippen molar-refractivity contribution in [2.24, 2.45) is 45.8 Å². The van der Waals surface area contributed by atoms with Gasteiger partial charge in [-0.15, -0.1) is 42.8 Å². The molecule has 18 atom stereocenters. The maximum absolute atomic E-state index is 9.52. The van der Waals surface area contributed by atoms with Crippen molar-refractivity contribution in [3.8, 4) is 0 Å². The summed E-state index contributed by atoms with van der Waals surface area (Å²) in [6.45, 7) is 101. The molecule has 21 aliphatic rings. The van der Waals surface area contributed by atoms with Crippen molar-refractivity contribution in [3.05, 3.63) is 34.0 Å². The number of nitrogens with zero attached hydrogens (tertiary/aromatic N) is 18. The minimum atomic E-state index is 0. The topological polar surface area (TPSA) is 135 Å². The Kier molecular flexibility index (Phi) is 54.8. The van der Waals surface area contributed by atoms with Gasteiger partial charge in [0.2, 0.25) is 0 Å². The molecule has 0 aromatic carbocycles. The molecular formula is C120H241N19ORe3Rf2-4. The zero-order chi connectivity index (χ0) is 101. The van der Waals surface area contributed by atoms with Gasteiger partial charge in [0.1, 0.15) is 0 Å². The third-order valence-electron chi connectivity index (χ3n) is 36.1. The summed E-state index contributed by atoms with van der Waals surface area (Å²) in [7, 11) is 13.6. The van der Waals surface area contributed by atoms with E-state index in [-0.39, 0.29) is 108 Å². The number of rotatable bonds is 4. The largest absolute Gasteiger partial charge is 0.675 e. The first-order valence-electron chi connectivity index (χ1n) is 56.9. The van der Waals surface area contributed by atoms with Crippen LogP contribution < -0.4 is 0 Å². The number of likely N-dealkylation sites (tertiary alicyclic amines) is 9. The molecule has 2 N–H and O–H groups in total. The number of hydrogen-bond acceptors (Lipinski definition) is 16. The summed E-state index contributed by atoms with van der Waals surface area (Å²) in [4.78, 5) is 39.2. The number of fused-ring (bicyclic) bond motifs is 18. The number of hydrogen-bond donors (Lipinski definition) is 1. The van der Waals surface area contributed by atoms with Crippen LogP contribution in [0.5, 0.6) is 0 Å². The van der Waals surface area contributed by atoms with Gasteiger partial charge in [-0.1, -0.05) is 137 Å². The molecule has 21 heterocycles. The third kappa shape index (κ3) is 40.7. The summed E-state index contributed by atoms with van der Waals surface area (Å²) in [6.07, 6.45) is 31.8. The Bertz CT molecular complexity index is 3450. The van der Waals surface area contributed by atoms with Gasteiger partial charge in [0, 0.05) is 270 Å². The predicted molar refractivity (Wildman–Crippen MR) is 612 cm³/mol. The molecule has 20 nitrogen and oxygen atoms in total. The molecule has 851 valence electrons. The van der Waals surface area contributed by atoms with E-state index in [1.807, 2.05) is 0 Å². The predicted octanol–water partition coefficient (Wildman–Crippen LogP) is 24.0. The number of piperazine rings is 4. The fraction of sp³-hybridized carbons (Fsp3) is 0.983. The van der Waals surface area contributed by atoms with Crippen LogP contribution in [0.1, 0.15) is 392 Å². The molecule has 0 aliphatic carbocycles. The van der Waals surface area contributed by atoms with Crippen molar-refractivity contribution in [2.75, 3.05) is 186 Å². The van der Waals surface area contributed by atoms with E-state index in [1.54, 1.807) is 0 Å². The third-order valence-corrected chi connectivity index (χ3v) is 36.1. The van der Waals surface area contributed by atoms with Gasteiger partial charge in [-0.25, -0.2) is 0 Å². The van der Waals surface area contributed by atoms with Crippen molar-refractivity contribution in [1.29, 1.82) is 0 Å². The average molecular weight is 3060 g/mol. The zero-order valence-corrected chi connectivity index (χ0v) is 120. The van der Waals surface area contributed by atoms with Crippen LogP contribution in [0.3, 0.4) is 0 Å². The normalized spacial score (nSPS) is 34.0. The number of allylic oxidation sites excluding steroid dienone is 1. The SMILES string of the molecule is C.C.C.C.C=C(O)C1CC2CCC(C1)N2C(C)(C)C.CC(C)(C)CN1CC2C[N-]CC(C2)C1.CC(C)(C)N1C2CCC1CC([NH-])C2.CC(C)(C)[N-]C1CC2CCC(C1)[N-]2.CN1C2CCC1CN(C(C)(C)C)C2.CN1CC2CC1CN2C(C)(C)C.CN1CC2CCC(C1)N2C(C)(C)C.CN1CC2CCC1CN2C(C)(C)C.CN1CC2CN(C(C)(C)C)CC2C1.CN1CCC2(CC1)CCN(CC(C)(C)C)CC2.[Re].[Re].[Re].[Rf].[Rf]. The molecule has 0 amide bonds. The Morgan fingerprint density at radius 3 is 1.06 bits per heavy atom. The summed E-state index contributed by atoms with van der Waals surface area (Å²) in [5.41, 5.74) is 12.0. The standard InChI is InChI=1S/C15H30N2.C13H23NO.C12H23N2.4C11H22N2.C11H21N2.C11H20N2.C10H20N2.4CH4.3Re.2Rf/c1-14(2,3)13-17-11-7-15(8-12-17)5-9-16(4)10-6-15;1-9(15)10-7-11-5-6-12(8-10)14(11)13(2,3)4;1-12(2,3)9-14-7-10-4-11(8-14)6-13-5-10;1-11(2,3)13-7-9-5-12(4)6-10(9)8-13;1-11(2,3)13-8-9-5-6-10(13)7-12(9)4;1-11(2,3)13-7-9-5-6-10(8-13)12(9)4;1-11(2,3)13-9-5-6-10(13)8-12(4)7-9;1-11(2,3)13-9-4-5-10(13)7-8(12)6-9;1-11(2,3)13-10-6-8-4-5-9(7-10)12-8;1-10(2,3)12-7-8-5-9(12)6-11(8)4;;;;;;;;;/h5-13H2,1-4H3;10-12,15H,1,5-8H2,2-4H3;10-11H,4-9H2,1-3H3;4*9-10H,5-8H2,1-4H3;8-10,12H,4-7H2,1-3H3;8-10H,4-7H2,1-3H3;8-9H,5-7H2,1-4H3;4*1H4;;;;;/q;;-1;;;;;-1;-2;;;;;;;;;;. The Morgan fingerprint density at radius 1 is 0.345 bits per heavy atom. The van der Waals surface area contributed by atoms with E-state index in [9.17, 15) is 5.11 Å². The number of aliphatic hydroxyl groups is 1. The van der Waals surface area contributed by atoms with Gasteiger partial charge < -0.3 is 61.1 Å². The van der Waals surface area contributed by atoms with Gasteiger partial charge in [-0.05, 0) is 382 Å². The Morgan fingerprint density at radius 2 is 0.697 bits per heavy atom. The van der Waals surface area contributed by atoms with Crippen molar-refractivity contribution < 1.29 is 66.4 Å². The monoisotopic (exact) mass is 3060 g/mol. The minimum Gasteiger partial charge on any atom is -0.675 e. The van der Waals surface area contributed by atoms with Crippen LogP contribution in [-0.4, -0.2) is 406 Å². The molecule has 0 saturated carbocycles. The van der Waals surface area contributed by atoms with Crippen LogP contribution in [0.25, 0.3) is 21.7 Å². The van der Waals surface area contributed by atoms with E-state index in [0.29, 0.717) is 103 Å². The van der Waals surface area contributed by atoms with E-state index in [4.69, 9.17) is 16.4 Å². The number of likely N-dealkylation sites (N-methyl/N-ethyl adjacent to an activating group) is 4. The molecule has 3 radical (unpaired) electrons. The molecule has 25 heteroatoms. The second-order valence-corrected chi connectivity index (χ2v) is 59.2. The summed E-state index contributed by atoms with van der Waals surface area (Å²) in [5.74, 6) is 4.38. The molecule has 1 spiro atoms. The molecule has 21 saturated heterocycles. The van der Waals surface area contributed by atoms with E-state index in [0.717, 1.165) is 111 Å². The summed E-state index contributed by atoms with van der Waals surface area (Å²) < 4.78 is 0. The van der Waals surface area contributed by atoms with E-state index in [1.165, 1.54) is 259 Å².